The Morgan fingerprint density at radius 1 is 1.60 bits per heavy atom. The van der Waals surface area contributed by atoms with Gasteiger partial charge in [0.2, 0.25) is 5.95 Å². The number of carboxylic acids is 1. The average Bonchev–Trinajstić information content (AvgIpc) is 2.17. The molecule has 5 heteroatoms. The van der Waals surface area contributed by atoms with Crippen LogP contribution in [-0.2, 0) is 4.79 Å². The van der Waals surface area contributed by atoms with Crippen molar-refractivity contribution >= 4 is 11.9 Å². The van der Waals surface area contributed by atoms with Gasteiger partial charge in [-0.1, -0.05) is 5.92 Å². The fraction of sp³-hybridized carbons (Fsp3) is 0.300. The van der Waals surface area contributed by atoms with Gasteiger partial charge in [-0.15, -0.1) is 6.42 Å². The molecule has 0 amide bonds. The number of aryl methyl sites for hydroxylation is 1. The maximum absolute atomic E-state index is 10.6. The van der Waals surface area contributed by atoms with Crippen molar-refractivity contribution in [2.24, 2.45) is 0 Å². The molecule has 1 heterocycles. The second-order valence-corrected chi connectivity index (χ2v) is 3.01. The first kappa shape index (κ1) is 11.0. The van der Waals surface area contributed by atoms with Gasteiger partial charge in [0.25, 0.3) is 0 Å². The topological polar surface area (TPSA) is 66.3 Å². The van der Waals surface area contributed by atoms with Crippen molar-refractivity contribution in [2.75, 3.05) is 18.0 Å². The fourth-order valence-electron chi connectivity index (χ4n) is 1.02. The number of anilines is 1. The number of terminal acetylenes is 1. The largest absolute Gasteiger partial charge is 0.480 e. The highest BCUT2D eigenvalue weighted by atomic mass is 16.4. The lowest BCUT2D eigenvalue weighted by atomic mass is 10.4. The Labute approximate surface area is 87.8 Å². The van der Waals surface area contributed by atoms with Crippen molar-refractivity contribution in [3.8, 4) is 12.3 Å². The summed E-state index contributed by atoms with van der Waals surface area (Å²) < 4.78 is 0. The van der Waals surface area contributed by atoms with Gasteiger partial charge in [0.15, 0.2) is 0 Å². The van der Waals surface area contributed by atoms with E-state index in [9.17, 15) is 4.79 Å². The second kappa shape index (κ2) is 4.96. The summed E-state index contributed by atoms with van der Waals surface area (Å²) in [7, 11) is 0. The summed E-state index contributed by atoms with van der Waals surface area (Å²) in [6, 6.07) is 0. The second-order valence-electron chi connectivity index (χ2n) is 3.01. The van der Waals surface area contributed by atoms with E-state index in [1.165, 1.54) is 4.90 Å². The Hall–Kier alpha value is -2.09. The number of aromatic nitrogens is 2. The number of carbonyl (C=O) groups is 1. The van der Waals surface area contributed by atoms with Crippen molar-refractivity contribution in [3.05, 3.63) is 18.0 Å². The van der Waals surface area contributed by atoms with E-state index in [0.29, 0.717) is 5.95 Å². The Kier molecular flexibility index (Phi) is 3.63. The maximum atomic E-state index is 10.6. The molecule has 0 saturated carbocycles. The van der Waals surface area contributed by atoms with Crippen LogP contribution in [0, 0.1) is 19.3 Å². The molecule has 78 valence electrons. The third-order valence-electron chi connectivity index (χ3n) is 1.66. The number of carboxylic acid groups (broad SMARTS) is 1. The monoisotopic (exact) mass is 205 g/mol. The van der Waals surface area contributed by atoms with Crippen molar-refractivity contribution < 1.29 is 9.90 Å². The van der Waals surface area contributed by atoms with E-state index >= 15 is 0 Å². The molecule has 0 aromatic carbocycles. The molecule has 0 bridgehead atoms. The van der Waals surface area contributed by atoms with Crippen LogP contribution >= 0.6 is 0 Å². The normalized spacial score (nSPS) is 9.33. The molecule has 0 radical (unpaired) electrons. The predicted octanol–water partition coefficient (Wildman–Crippen LogP) is 0.309. The molecular formula is C10H11N3O2. The molecule has 0 aliphatic rings. The summed E-state index contributed by atoms with van der Waals surface area (Å²) in [5.41, 5.74) is 0.912. The number of hydrogen-bond acceptors (Lipinski definition) is 4. The van der Waals surface area contributed by atoms with E-state index in [1.807, 2.05) is 6.92 Å². The van der Waals surface area contributed by atoms with Gasteiger partial charge in [0.05, 0.1) is 6.54 Å². The van der Waals surface area contributed by atoms with Crippen LogP contribution in [0.15, 0.2) is 12.4 Å². The SMILES string of the molecule is C#CCN(CC(=O)O)c1ncc(C)cn1. The highest BCUT2D eigenvalue weighted by Gasteiger charge is 2.11. The Morgan fingerprint density at radius 2 is 2.20 bits per heavy atom. The van der Waals surface area contributed by atoms with Crippen LogP contribution in [0.5, 0.6) is 0 Å². The molecule has 15 heavy (non-hydrogen) atoms. The first-order valence-electron chi connectivity index (χ1n) is 4.32. The molecule has 1 N–H and O–H groups in total. The van der Waals surface area contributed by atoms with Crippen LogP contribution < -0.4 is 4.90 Å². The highest BCUT2D eigenvalue weighted by molar-refractivity contribution is 5.72. The molecule has 1 aromatic heterocycles. The lowest BCUT2D eigenvalue weighted by Crippen LogP contribution is -2.31. The minimum atomic E-state index is -0.963. The van der Waals surface area contributed by atoms with Crippen LogP contribution in [0.4, 0.5) is 5.95 Å². The van der Waals surface area contributed by atoms with Gasteiger partial charge >= 0.3 is 5.97 Å². The van der Waals surface area contributed by atoms with Gasteiger partial charge in [-0.2, -0.15) is 0 Å². The zero-order chi connectivity index (χ0) is 11.3. The molecule has 5 nitrogen and oxygen atoms in total. The summed E-state index contributed by atoms with van der Waals surface area (Å²) in [4.78, 5) is 20.0. The van der Waals surface area contributed by atoms with Gasteiger partial charge < -0.3 is 10.0 Å². The van der Waals surface area contributed by atoms with E-state index in [-0.39, 0.29) is 13.1 Å². The van der Waals surface area contributed by atoms with E-state index in [0.717, 1.165) is 5.56 Å². The first-order valence-corrected chi connectivity index (χ1v) is 4.32. The van der Waals surface area contributed by atoms with Gasteiger partial charge in [-0.05, 0) is 12.5 Å². The van der Waals surface area contributed by atoms with Gasteiger partial charge in [0, 0.05) is 12.4 Å². The number of rotatable bonds is 4. The minimum absolute atomic E-state index is 0.176. The van der Waals surface area contributed by atoms with Crippen LogP contribution in [0.1, 0.15) is 5.56 Å². The third-order valence-corrected chi connectivity index (χ3v) is 1.66. The quantitative estimate of drug-likeness (QED) is 0.716. The smallest absolute Gasteiger partial charge is 0.323 e. The number of hydrogen-bond donors (Lipinski definition) is 1. The number of nitrogens with zero attached hydrogens (tertiary/aromatic N) is 3. The van der Waals surface area contributed by atoms with Crippen molar-refractivity contribution in [1.29, 1.82) is 0 Å². The van der Waals surface area contributed by atoms with Gasteiger partial charge in [-0.3, -0.25) is 4.79 Å². The van der Waals surface area contributed by atoms with Crippen LogP contribution in [-0.4, -0.2) is 34.1 Å². The molecule has 0 fully saturated rings. The highest BCUT2D eigenvalue weighted by Crippen LogP contribution is 2.05. The third kappa shape index (κ3) is 3.27. The molecule has 0 spiro atoms. The average molecular weight is 205 g/mol. The van der Waals surface area contributed by atoms with E-state index in [4.69, 9.17) is 11.5 Å². The lowest BCUT2D eigenvalue weighted by molar-refractivity contribution is -0.135. The Balaban J connectivity index is 2.84. The van der Waals surface area contributed by atoms with Crippen LogP contribution in [0.25, 0.3) is 0 Å². The molecule has 0 aliphatic carbocycles. The van der Waals surface area contributed by atoms with E-state index in [1.54, 1.807) is 12.4 Å². The summed E-state index contributed by atoms with van der Waals surface area (Å²) >= 11 is 0. The minimum Gasteiger partial charge on any atom is -0.480 e. The lowest BCUT2D eigenvalue weighted by Gasteiger charge is -2.17. The summed E-state index contributed by atoms with van der Waals surface area (Å²) in [6.07, 6.45) is 8.37. The standard InChI is InChI=1S/C10H11N3O2/c1-3-4-13(7-9(14)15)10-11-5-8(2)6-12-10/h1,5-6H,4,7H2,2H3,(H,14,15). The van der Waals surface area contributed by atoms with Crippen molar-refractivity contribution in [1.82, 2.24) is 9.97 Å². The number of aliphatic carboxylic acids is 1. The summed E-state index contributed by atoms with van der Waals surface area (Å²) in [5.74, 6) is 1.74. The summed E-state index contributed by atoms with van der Waals surface area (Å²) in [5, 5.41) is 8.66. The van der Waals surface area contributed by atoms with Crippen LogP contribution in [0.2, 0.25) is 0 Å². The van der Waals surface area contributed by atoms with E-state index < -0.39 is 5.97 Å². The molecule has 1 rings (SSSR count). The molecule has 0 aliphatic heterocycles. The van der Waals surface area contributed by atoms with E-state index in [2.05, 4.69) is 15.9 Å². The van der Waals surface area contributed by atoms with Gasteiger partial charge in [-0.25, -0.2) is 9.97 Å². The predicted molar refractivity (Wildman–Crippen MR) is 55.5 cm³/mol. The van der Waals surface area contributed by atoms with Crippen molar-refractivity contribution in [3.63, 3.8) is 0 Å². The zero-order valence-electron chi connectivity index (χ0n) is 8.34. The Bertz CT molecular complexity index is 381. The molecule has 0 saturated heterocycles. The molecule has 0 unspecified atom stereocenters. The maximum Gasteiger partial charge on any atom is 0.323 e. The Morgan fingerprint density at radius 3 is 2.67 bits per heavy atom. The van der Waals surface area contributed by atoms with Crippen molar-refractivity contribution in [2.45, 2.75) is 6.92 Å². The first-order chi connectivity index (χ1) is 7.13. The zero-order valence-corrected chi connectivity index (χ0v) is 8.34. The fourth-order valence-corrected chi connectivity index (χ4v) is 1.02. The molecule has 0 atom stereocenters. The molecule has 1 aromatic rings. The van der Waals surface area contributed by atoms with Gasteiger partial charge in [0.1, 0.15) is 6.54 Å². The summed E-state index contributed by atoms with van der Waals surface area (Å²) in [6.45, 7) is 1.83. The van der Waals surface area contributed by atoms with Crippen LogP contribution in [0.3, 0.4) is 0 Å². The molecular weight excluding hydrogens is 194 g/mol.